The lowest BCUT2D eigenvalue weighted by atomic mass is 10.1. The first kappa shape index (κ1) is 13.6. The van der Waals surface area contributed by atoms with Crippen molar-refractivity contribution in [3.8, 4) is 0 Å². The van der Waals surface area contributed by atoms with Crippen molar-refractivity contribution in [2.45, 2.75) is 25.0 Å². The molecule has 2 bridgehead atoms. The lowest BCUT2D eigenvalue weighted by Gasteiger charge is -2.30. The monoisotopic (exact) mass is 297 g/mol. The smallest absolute Gasteiger partial charge is 0.337 e. The van der Waals surface area contributed by atoms with Gasteiger partial charge in [-0.15, -0.1) is 0 Å². The lowest BCUT2D eigenvalue weighted by molar-refractivity contribution is -0.146. The van der Waals surface area contributed by atoms with Gasteiger partial charge in [-0.25, -0.2) is 18.5 Å². The molecule has 2 fully saturated rings. The van der Waals surface area contributed by atoms with Gasteiger partial charge in [0, 0.05) is 6.07 Å². The zero-order chi connectivity index (χ0) is 15.3. The Morgan fingerprint density at radius 1 is 1.14 bits per heavy atom. The van der Waals surface area contributed by atoms with Crippen LogP contribution in [0.1, 0.15) is 23.2 Å². The first-order chi connectivity index (χ1) is 9.90. The van der Waals surface area contributed by atoms with Crippen LogP contribution in [0.5, 0.6) is 0 Å². The fraction of sp³-hybridized carbons (Fsp3) is 0.308. The fourth-order valence-corrected chi connectivity index (χ4v) is 2.53. The summed E-state index contributed by atoms with van der Waals surface area (Å²) in [6, 6.07) is 0.990. The van der Waals surface area contributed by atoms with Crippen molar-refractivity contribution in [2.75, 3.05) is 4.90 Å². The molecule has 2 aliphatic rings. The summed E-state index contributed by atoms with van der Waals surface area (Å²) in [5, 5.41) is 9.06. The van der Waals surface area contributed by atoms with Crippen molar-refractivity contribution in [1.82, 2.24) is 0 Å². The molecule has 21 heavy (non-hydrogen) atoms. The third-order valence-electron chi connectivity index (χ3n) is 3.52. The van der Waals surface area contributed by atoms with E-state index in [1.54, 1.807) is 0 Å². The fourth-order valence-electron chi connectivity index (χ4n) is 2.53. The minimum Gasteiger partial charge on any atom is -0.478 e. The first-order valence-electron chi connectivity index (χ1n) is 6.15. The third-order valence-corrected chi connectivity index (χ3v) is 3.52. The molecule has 0 aromatic heterocycles. The highest BCUT2D eigenvalue weighted by Crippen LogP contribution is 2.34. The average molecular weight is 297 g/mol. The number of ether oxygens (including phenoxy) is 1. The van der Waals surface area contributed by atoms with Gasteiger partial charge in [0.15, 0.2) is 11.6 Å². The number of carbonyl (C=O) groups excluding carboxylic acids is 2. The second-order valence-electron chi connectivity index (χ2n) is 4.79. The number of benzene rings is 1. The molecule has 0 radical (unpaired) electrons. The van der Waals surface area contributed by atoms with E-state index in [-0.39, 0.29) is 0 Å². The molecule has 1 aromatic rings. The molecule has 2 heterocycles. The Hall–Kier alpha value is -2.35. The molecule has 2 saturated heterocycles. The van der Waals surface area contributed by atoms with Gasteiger partial charge in [-0.3, -0.25) is 9.59 Å². The van der Waals surface area contributed by atoms with E-state index < -0.39 is 52.9 Å². The summed E-state index contributed by atoms with van der Waals surface area (Å²) in [7, 11) is 0. The van der Waals surface area contributed by atoms with Crippen LogP contribution in [0.25, 0.3) is 0 Å². The molecular formula is C13H9F2NO5. The summed E-state index contributed by atoms with van der Waals surface area (Å²) >= 11 is 0. The normalized spacial score (nSPS) is 24.6. The molecule has 0 spiro atoms. The minimum atomic E-state index is -1.57. The molecule has 2 aliphatic heterocycles. The number of amides is 2. The van der Waals surface area contributed by atoms with Gasteiger partial charge in [-0.05, 0) is 18.9 Å². The first-order valence-corrected chi connectivity index (χ1v) is 6.15. The van der Waals surface area contributed by atoms with Gasteiger partial charge in [0.05, 0.1) is 11.3 Å². The van der Waals surface area contributed by atoms with Crippen LogP contribution < -0.4 is 4.90 Å². The quantitative estimate of drug-likeness (QED) is 0.826. The molecule has 3 rings (SSSR count). The van der Waals surface area contributed by atoms with Crippen LogP contribution in [0, 0.1) is 11.6 Å². The van der Waals surface area contributed by atoms with E-state index in [9.17, 15) is 23.2 Å². The molecule has 110 valence electrons. The molecular weight excluding hydrogens is 288 g/mol. The lowest BCUT2D eigenvalue weighted by Crippen LogP contribution is -2.52. The summed E-state index contributed by atoms with van der Waals surface area (Å²) in [6.07, 6.45) is -1.06. The highest BCUT2D eigenvalue weighted by Gasteiger charge is 2.48. The van der Waals surface area contributed by atoms with Crippen LogP contribution in [-0.4, -0.2) is 35.1 Å². The van der Waals surface area contributed by atoms with Crippen LogP contribution in [0.3, 0.4) is 0 Å². The number of aromatic carboxylic acids is 1. The molecule has 8 heteroatoms. The number of nitrogens with zero attached hydrogens (tertiary/aromatic N) is 1. The van der Waals surface area contributed by atoms with Gasteiger partial charge in [0.2, 0.25) is 0 Å². The number of carboxylic acid groups (broad SMARTS) is 1. The van der Waals surface area contributed by atoms with E-state index in [0.717, 1.165) is 0 Å². The highest BCUT2D eigenvalue weighted by atomic mass is 19.2. The highest BCUT2D eigenvalue weighted by molar-refractivity contribution is 6.21. The van der Waals surface area contributed by atoms with Gasteiger partial charge >= 0.3 is 5.97 Å². The van der Waals surface area contributed by atoms with E-state index in [2.05, 4.69) is 0 Å². The van der Waals surface area contributed by atoms with E-state index >= 15 is 0 Å². The van der Waals surface area contributed by atoms with Crippen molar-refractivity contribution in [3.63, 3.8) is 0 Å². The molecule has 0 aliphatic carbocycles. The minimum absolute atomic E-state index is 0.331. The molecule has 1 N–H and O–H groups in total. The SMILES string of the molecule is O=C(O)c1cc(F)c(F)cc1N1C(=O)C2CCC(O2)C1=O. The van der Waals surface area contributed by atoms with E-state index in [4.69, 9.17) is 9.84 Å². The van der Waals surface area contributed by atoms with Gasteiger partial charge < -0.3 is 9.84 Å². The van der Waals surface area contributed by atoms with Crippen LogP contribution in [0.2, 0.25) is 0 Å². The van der Waals surface area contributed by atoms with Gasteiger partial charge in [0.25, 0.3) is 11.8 Å². The summed E-state index contributed by atoms with van der Waals surface area (Å²) in [4.78, 5) is 36.0. The van der Waals surface area contributed by atoms with Crippen LogP contribution in [0.4, 0.5) is 14.5 Å². The Kier molecular flexibility index (Phi) is 2.98. The average Bonchev–Trinajstić information content (AvgIpc) is 2.87. The Morgan fingerprint density at radius 3 is 2.19 bits per heavy atom. The van der Waals surface area contributed by atoms with Crippen molar-refractivity contribution in [1.29, 1.82) is 0 Å². The Morgan fingerprint density at radius 2 is 1.67 bits per heavy atom. The number of carboxylic acids is 1. The Bertz CT molecular complexity index is 653. The largest absolute Gasteiger partial charge is 0.478 e. The molecule has 2 unspecified atom stereocenters. The molecule has 2 atom stereocenters. The topological polar surface area (TPSA) is 83.9 Å². The van der Waals surface area contributed by atoms with Crippen molar-refractivity contribution < 1.29 is 33.0 Å². The summed E-state index contributed by atoms with van der Waals surface area (Å²) in [5.41, 5.74) is -1.13. The number of carbonyl (C=O) groups is 3. The summed E-state index contributed by atoms with van der Waals surface area (Å²) < 4.78 is 31.8. The third kappa shape index (κ3) is 1.99. The number of rotatable bonds is 2. The Balaban J connectivity index is 2.15. The summed E-state index contributed by atoms with van der Waals surface area (Å²) in [5.74, 6) is -5.80. The zero-order valence-corrected chi connectivity index (χ0v) is 10.5. The second-order valence-corrected chi connectivity index (χ2v) is 4.79. The maximum atomic E-state index is 13.4. The van der Waals surface area contributed by atoms with Gasteiger partial charge in [-0.1, -0.05) is 0 Å². The number of morpholine rings is 1. The maximum Gasteiger partial charge on any atom is 0.337 e. The van der Waals surface area contributed by atoms with Crippen molar-refractivity contribution in [3.05, 3.63) is 29.3 Å². The van der Waals surface area contributed by atoms with E-state index in [0.29, 0.717) is 29.9 Å². The summed E-state index contributed by atoms with van der Waals surface area (Å²) in [6.45, 7) is 0. The van der Waals surface area contributed by atoms with Crippen LogP contribution in [-0.2, 0) is 14.3 Å². The predicted molar refractivity (Wildman–Crippen MR) is 63.7 cm³/mol. The predicted octanol–water partition coefficient (Wildman–Crippen LogP) is 1.08. The number of hydrogen-bond acceptors (Lipinski definition) is 4. The zero-order valence-electron chi connectivity index (χ0n) is 10.5. The van der Waals surface area contributed by atoms with E-state index in [1.165, 1.54) is 0 Å². The maximum absolute atomic E-state index is 13.4. The van der Waals surface area contributed by atoms with Crippen molar-refractivity contribution >= 4 is 23.5 Å². The number of hydrogen-bond donors (Lipinski definition) is 1. The molecule has 0 saturated carbocycles. The number of imide groups is 1. The number of anilines is 1. The number of fused-ring (bicyclic) bond motifs is 2. The molecule has 2 amide bonds. The van der Waals surface area contributed by atoms with Gasteiger partial charge in [0.1, 0.15) is 12.2 Å². The van der Waals surface area contributed by atoms with Crippen LogP contribution in [0.15, 0.2) is 12.1 Å². The van der Waals surface area contributed by atoms with E-state index in [1.807, 2.05) is 0 Å². The van der Waals surface area contributed by atoms with Gasteiger partial charge in [-0.2, -0.15) is 0 Å². The molecule has 1 aromatic carbocycles. The Labute approximate surface area is 116 Å². The standard InChI is InChI=1S/C13H9F2NO5/c14-6-3-5(13(19)20)8(4-7(6)15)16-11(17)9-1-2-10(21-9)12(16)18/h3-4,9-10H,1-2H2,(H,19,20). The van der Waals surface area contributed by atoms with Crippen LogP contribution >= 0.6 is 0 Å². The number of halogens is 2. The van der Waals surface area contributed by atoms with Crippen molar-refractivity contribution in [2.24, 2.45) is 0 Å². The molecule has 6 nitrogen and oxygen atoms in total. The second kappa shape index (κ2) is 4.59.